The van der Waals surface area contributed by atoms with E-state index in [-0.39, 0.29) is 12.5 Å². The number of esters is 4. The predicted octanol–water partition coefficient (Wildman–Crippen LogP) is 3.31. The molecular weight excluding hydrogens is 504 g/mol. The molecule has 0 saturated carbocycles. The zero-order valence-electron chi connectivity index (χ0n) is 22.3. The van der Waals surface area contributed by atoms with Gasteiger partial charge in [-0.1, -0.05) is 26.0 Å². The molecule has 10 nitrogen and oxygen atoms in total. The van der Waals surface area contributed by atoms with Crippen LogP contribution in [0, 0.1) is 6.92 Å². The normalized spacial score (nSPS) is 23.2. The van der Waals surface area contributed by atoms with Gasteiger partial charge in [-0.25, -0.2) is 0 Å². The maximum Gasteiger partial charge on any atom is 0.303 e. The van der Waals surface area contributed by atoms with Crippen LogP contribution < -0.4 is 4.74 Å². The minimum absolute atomic E-state index is 0.258. The molecule has 0 spiro atoms. The quantitative estimate of drug-likeness (QED) is 0.233. The molecular formula is C26H36O10S. The fourth-order valence-corrected chi connectivity index (χ4v) is 4.92. The maximum absolute atomic E-state index is 11.9. The van der Waals surface area contributed by atoms with Crippen LogP contribution in [0.2, 0.25) is 0 Å². The van der Waals surface area contributed by atoms with Crippen molar-refractivity contribution in [2.24, 2.45) is 0 Å². The first-order valence-corrected chi connectivity index (χ1v) is 13.1. The van der Waals surface area contributed by atoms with E-state index in [9.17, 15) is 19.2 Å². The van der Waals surface area contributed by atoms with Crippen LogP contribution >= 0.6 is 11.8 Å². The summed E-state index contributed by atoms with van der Waals surface area (Å²) >= 11 is 1.28. The summed E-state index contributed by atoms with van der Waals surface area (Å²) in [5.41, 5.74) is 1.33. The molecule has 1 aromatic carbocycles. The van der Waals surface area contributed by atoms with Crippen molar-refractivity contribution >= 4 is 35.6 Å². The Kier molecular flexibility index (Phi) is 11.7. The lowest BCUT2D eigenvalue weighted by Gasteiger charge is -2.44. The largest absolute Gasteiger partial charge is 0.492 e. The summed E-state index contributed by atoms with van der Waals surface area (Å²) < 4.78 is 33.6. The van der Waals surface area contributed by atoms with Gasteiger partial charge in [0.1, 0.15) is 23.9 Å². The zero-order chi connectivity index (χ0) is 27.7. The first kappa shape index (κ1) is 30.4. The van der Waals surface area contributed by atoms with Gasteiger partial charge < -0.3 is 28.4 Å². The second-order valence-corrected chi connectivity index (χ2v) is 10.2. The fourth-order valence-electron chi connectivity index (χ4n) is 3.88. The molecule has 0 unspecified atom stereocenters. The van der Waals surface area contributed by atoms with Crippen molar-refractivity contribution in [2.45, 2.75) is 84.2 Å². The van der Waals surface area contributed by atoms with Crippen molar-refractivity contribution < 1.29 is 47.6 Å². The molecule has 1 fully saturated rings. The summed E-state index contributed by atoms with van der Waals surface area (Å²) in [7, 11) is 0. The van der Waals surface area contributed by atoms with Crippen LogP contribution in [0.25, 0.3) is 0 Å². The Morgan fingerprint density at radius 3 is 2.05 bits per heavy atom. The van der Waals surface area contributed by atoms with Crippen LogP contribution in [0.3, 0.4) is 0 Å². The van der Waals surface area contributed by atoms with Crippen molar-refractivity contribution in [3.8, 4) is 5.75 Å². The fraction of sp³-hybridized carbons (Fsp3) is 0.615. The van der Waals surface area contributed by atoms with E-state index in [1.165, 1.54) is 39.5 Å². The number of ether oxygens (including phenoxy) is 6. The minimum Gasteiger partial charge on any atom is -0.492 e. The molecule has 206 valence electrons. The summed E-state index contributed by atoms with van der Waals surface area (Å²) in [4.78, 5) is 47.1. The lowest BCUT2D eigenvalue weighted by atomic mass is 9.99. The van der Waals surface area contributed by atoms with Gasteiger partial charge in [0, 0.05) is 33.4 Å². The molecule has 0 amide bonds. The highest BCUT2D eigenvalue weighted by Gasteiger charge is 2.52. The van der Waals surface area contributed by atoms with Crippen molar-refractivity contribution in [3.05, 3.63) is 29.3 Å². The molecule has 0 aromatic heterocycles. The second-order valence-electron chi connectivity index (χ2n) is 8.98. The average Bonchev–Trinajstić information content (AvgIpc) is 2.77. The third kappa shape index (κ3) is 9.55. The van der Waals surface area contributed by atoms with Crippen LogP contribution in [0.15, 0.2) is 18.2 Å². The second kappa shape index (κ2) is 14.2. The minimum atomic E-state index is -1.18. The first-order valence-electron chi connectivity index (χ1n) is 12.0. The Morgan fingerprint density at radius 2 is 1.49 bits per heavy atom. The van der Waals surface area contributed by atoms with Gasteiger partial charge in [-0.05, 0) is 30.0 Å². The van der Waals surface area contributed by atoms with Crippen molar-refractivity contribution in [1.82, 2.24) is 0 Å². The van der Waals surface area contributed by atoms with Gasteiger partial charge >= 0.3 is 23.9 Å². The molecule has 0 aliphatic carbocycles. The number of carbonyl (C=O) groups is 4. The monoisotopic (exact) mass is 540 g/mol. The SMILES string of the molecule is CC(=O)OC[C@@H]1O[C@@H](SCCOc2cc(C)ccc2C(C)C)[C@@H](OC(C)=O)[C@H](OC(C)=O)[C@@H]1OC(C)=O. The van der Waals surface area contributed by atoms with E-state index in [1.54, 1.807) is 0 Å². The van der Waals surface area contributed by atoms with Gasteiger partial charge in [-0.15, -0.1) is 11.8 Å². The van der Waals surface area contributed by atoms with Gasteiger partial charge in [0.25, 0.3) is 0 Å². The van der Waals surface area contributed by atoms with Crippen molar-refractivity contribution in [2.75, 3.05) is 19.0 Å². The number of carbonyl (C=O) groups excluding carboxylic acids is 4. The first-order chi connectivity index (χ1) is 17.4. The van der Waals surface area contributed by atoms with Gasteiger partial charge in [0.05, 0.1) is 6.61 Å². The number of thioether (sulfide) groups is 1. The van der Waals surface area contributed by atoms with Gasteiger partial charge in [0.15, 0.2) is 18.3 Å². The van der Waals surface area contributed by atoms with Crippen LogP contribution in [-0.2, 0) is 42.9 Å². The highest BCUT2D eigenvalue weighted by Crippen LogP contribution is 2.35. The molecule has 37 heavy (non-hydrogen) atoms. The summed E-state index contributed by atoms with van der Waals surface area (Å²) in [5.74, 6) is -1.03. The van der Waals surface area contributed by atoms with E-state index in [0.29, 0.717) is 12.4 Å². The smallest absolute Gasteiger partial charge is 0.303 e. The molecule has 5 atom stereocenters. The van der Waals surface area contributed by atoms with E-state index < -0.39 is 53.7 Å². The molecule has 1 aliphatic rings. The van der Waals surface area contributed by atoms with E-state index in [1.807, 2.05) is 25.1 Å². The number of aryl methyl sites for hydroxylation is 1. The van der Waals surface area contributed by atoms with Gasteiger partial charge in [-0.2, -0.15) is 0 Å². The Balaban J connectivity index is 2.24. The average molecular weight is 541 g/mol. The van der Waals surface area contributed by atoms with Crippen molar-refractivity contribution in [1.29, 1.82) is 0 Å². The Morgan fingerprint density at radius 1 is 0.892 bits per heavy atom. The molecule has 0 radical (unpaired) electrons. The van der Waals surface area contributed by atoms with Gasteiger partial charge in [0.2, 0.25) is 0 Å². The maximum atomic E-state index is 11.9. The molecule has 1 heterocycles. The Hall–Kier alpha value is -2.79. The predicted molar refractivity (Wildman–Crippen MR) is 135 cm³/mol. The Bertz CT molecular complexity index is 963. The van der Waals surface area contributed by atoms with Crippen molar-refractivity contribution in [3.63, 3.8) is 0 Å². The third-order valence-electron chi connectivity index (χ3n) is 5.36. The van der Waals surface area contributed by atoms with Gasteiger partial charge in [-0.3, -0.25) is 19.2 Å². The van der Waals surface area contributed by atoms with E-state index in [4.69, 9.17) is 28.4 Å². The van der Waals surface area contributed by atoms with Crippen LogP contribution in [0.4, 0.5) is 0 Å². The highest BCUT2D eigenvalue weighted by atomic mass is 32.2. The van der Waals surface area contributed by atoms with Crippen LogP contribution in [0.5, 0.6) is 5.75 Å². The highest BCUT2D eigenvalue weighted by molar-refractivity contribution is 7.99. The summed E-state index contributed by atoms with van der Waals surface area (Å²) in [6.45, 7) is 11.0. The summed E-state index contributed by atoms with van der Waals surface area (Å²) in [6.07, 6.45) is -4.40. The number of hydrogen-bond donors (Lipinski definition) is 0. The molecule has 1 aliphatic heterocycles. The topological polar surface area (TPSA) is 124 Å². The summed E-state index contributed by atoms with van der Waals surface area (Å²) in [5, 5.41) is 0. The van der Waals surface area contributed by atoms with E-state index >= 15 is 0 Å². The molecule has 11 heteroatoms. The lowest BCUT2D eigenvalue weighted by Crippen LogP contribution is -2.61. The zero-order valence-corrected chi connectivity index (χ0v) is 23.1. The molecule has 1 aromatic rings. The van der Waals surface area contributed by atoms with E-state index in [2.05, 4.69) is 13.8 Å². The molecule has 2 rings (SSSR count). The Labute approximate surface area is 221 Å². The lowest BCUT2D eigenvalue weighted by molar-refractivity contribution is -0.237. The molecule has 0 bridgehead atoms. The number of benzene rings is 1. The van der Waals surface area contributed by atoms with Crippen LogP contribution in [-0.4, -0.2) is 72.7 Å². The number of hydrogen-bond acceptors (Lipinski definition) is 11. The standard InChI is InChI=1S/C26H36O10S/c1-14(2)20-9-8-15(3)12-21(20)31-10-11-37-26-25(35-19(7)30)24(34-18(6)29)23(33-17(5)28)22(36-26)13-32-16(4)27/h8-9,12,14,22-26H,10-11,13H2,1-7H3/t22-,23+,24+,25-,26-/m0/s1. The molecule has 0 N–H and O–H groups in total. The summed E-state index contributed by atoms with van der Waals surface area (Å²) in [6, 6.07) is 6.06. The van der Waals surface area contributed by atoms with Crippen LogP contribution in [0.1, 0.15) is 58.6 Å². The van der Waals surface area contributed by atoms with E-state index in [0.717, 1.165) is 16.9 Å². The number of rotatable bonds is 11. The third-order valence-corrected chi connectivity index (χ3v) is 6.47. The molecule has 1 saturated heterocycles.